The molecule has 92 valence electrons. The van der Waals surface area contributed by atoms with Crippen molar-refractivity contribution in [2.24, 2.45) is 0 Å². The highest BCUT2D eigenvalue weighted by Crippen LogP contribution is 2.38. The zero-order valence-electron chi connectivity index (χ0n) is 10.1. The van der Waals surface area contributed by atoms with E-state index in [1.54, 1.807) is 0 Å². The molecule has 0 bridgehead atoms. The quantitative estimate of drug-likeness (QED) is 0.874. The smallest absolute Gasteiger partial charge is 0.304 e. The molecular weight excluding hydrogens is 216 g/mol. The average molecular weight is 234 g/mol. The molecule has 2 rings (SSSR count). The Balaban J connectivity index is 2.35. The first-order valence-electron chi connectivity index (χ1n) is 5.99. The van der Waals surface area contributed by atoms with Crippen molar-refractivity contribution in [3.8, 4) is 0 Å². The molecule has 3 nitrogen and oxygen atoms in total. The summed E-state index contributed by atoms with van der Waals surface area (Å²) >= 11 is 0. The van der Waals surface area contributed by atoms with Crippen molar-refractivity contribution in [3.05, 3.63) is 35.4 Å². The third kappa shape index (κ3) is 2.67. The summed E-state index contributed by atoms with van der Waals surface area (Å²) in [6.07, 6.45) is 1.78. The number of rotatable bonds is 3. The molecule has 3 heteroatoms. The minimum absolute atomic E-state index is 0.194. The Kier molecular flexibility index (Phi) is 3.48. The number of ether oxygens (including phenoxy) is 1. The largest absolute Gasteiger partial charge is 0.481 e. The lowest BCUT2D eigenvalue weighted by Crippen LogP contribution is -2.36. The van der Waals surface area contributed by atoms with Crippen molar-refractivity contribution in [1.82, 2.24) is 0 Å². The molecule has 1 heterocycles. The number of carboxylic acids is 1. The lowest BCUT2D eigenvalue weighted by atomic mass is 9.71. The molecule has 0 unspecified atom stereocenters. The minimum Gasteiger partial charge on any atom is -0.481 e. The maximum atomic E-state index is 11.1. The zero-order valence-corrected chi connectivity index (χ0v) is 10.1. The molecule has 0 saturated carbocycles. The lowest BCUT2D eigenvalue weighted by molar-refractivity contribution is -0.139. The molecule has 1 aliphatic heterocycles. The van der Waals surface area contributed by atoms with E-state index >= 15 is 0 Å². The van der Waals surface area contributed by atoms with Crippen LogP contribution in [0.25, 0.3) is 0 Å². The van der Waals surface area contributed by atoms with Crippen LogP contribution >= 0.6 is 0 Å². The third-order valence-electron chi connectivity index (χ3n) is 3.57. The molecule has 1 aliphatic rings. The highest BCUT2D eigenvalue weighted by atomic mass is 16.5. The normalized spacial score (nSPS) is 18.9. The highest BCUT2D eigenvalue weighted by Gasteiger charge is 2.36. The number of carbonyl (C=O) groups is 1. The second kappa shape index (κ2) is 4.88. The van der Waals surface area contributed by atoms with Gasteiger partial charge < -0.3 is 9.84 Å². The molecule has 1 fully saturated rings. The van der Waals surface area contributed by atoms with E-state index in [0.717, 1.165) is 18.4 Å². The van der Waals surface area contributed by atoms with E-state index in [4.69, 9.17) is 9.84 Å². The number of hydrogen-bond acceptors (Lipinski definition) is 2. The van der Waals surface area contributed by atoms with Gasteiger partial charge in [0.25, 0.3) is 0 Å². The van der Waals surface area contributed by atoms with Crippen molar-refractivity contribution in [2.75, 3.05) is 13.2 Å². The van der Waals surface area contributed by atoms with Crippen LogP contribution in [-0.4, -0.2) is 24.3 Å². The van der Waals surface area contributed by atoms with E-state index in [1.165, 1.54) is 5.56 Å². The van der Waals surface area contributed by atoms with Crippen LogP contribution in [0.5, 0.6) is 0 Å². The van der Waals surface area contributed by atoms with Crippen molar-refractivity contribution in [3.63, 3.8) is 0 Å². The van der Waals surface area contributed by atoms with Gasteiger partial charge >= 0.3 is 5.97 Å². The predicted octanol–water partition coefficient (Wildman–Crippen LogP) is 2.52. The summed E-state index contributed by atoms with van der Waals surface area (Å²) in [5, 5.41) is 9.12. The van der Waals surface area contributed by atoms with Crippen molar-refractivity contribution < 1.29 is 14.6 Å². The van der Waals surface area contributed by atoms with Gasteiger partial charge in [0.2, 0.25) is 0 Å². The van der Waals surface area contributed by atoms with Gasteiger partial charge in [0.15, 0.2) is 0 Å². The third-order valence-corrected chi connectivity index (χ3v) is 3.57. The fourth-order valence-electron chi connectivity index (χ4n) is 2.59. The van der Waals surface area contributed by atoms with Crippen LogP contribution in [0.2, 0.25) is 0 Å². The first kappa shape index (κ1) is 12.1. The number of carboxylic acid groups (broad SMARTS) is 1. The molecule has 0 radical (unpaired) electrons. The molecule has 1 N–H and O–H groups in total. The zero-order chi connectivity index (χ0) is 12.3. The molecular formula is C14H18O3. The Morgan fingerprint density at radius 2 is 2.12 bits per heavy atom. The molecule has 0 spiro atoms. The van der Waals surface area contributed by atoms with Crippen molar-refractivity contribution in [2.45, 2.75) is 31.6 Å². The van der Waals surface area contributed by atoms with Crippen LogP contribution in [-0.2, 0) is 14.9 Å². The van der Waals surface area contributed by atoms with Gasteiger partial charge in [-0.05, 0) is 25.3 Å². The van der Waals surface area contributed by atoms with Gasteiger partial charge in [-0.3, -0.25) is 4.79 Å². The van der Waals surface area contributed by atoms with Crippen LogP contribution in [0.15, 0.2) is 24.3 Å². The summed E-state index contributed by atoms with van der Waals surface area (Å²) in [4.78, 5) is 11.1. The molecule has 17 heavy (non-hydrogen) atoms. The van der Waals surface area contributed by atoms with Crippen LogP contribution in [0.3, 0.4) is 0 Å². The van der Waals surface area contributed by atoms with Gasteiger partial charge in [-0.15, -0.1) is 0 Å². The molecule has 1 aromatic carbocycles. The van der Waals surface area contributed by atoms with Gasteiger partial charge in [0.1, 0.15) is 0 Å². The SMILES string of the molecule is Cc1cccc(C2(CC(=O)O)CCOCC2)c1. The topological polar surface area (TPSA) is 46.5 Å². The number of aliphatic carboxylic acids is 1. The van der Waals surface area contributed by atoms with Gasteiger partial charge in [-0.25, -0.2) is 0 Å². The van der Waals surface area contributed by atoms with E-state index < -0.39 is 5.97 Å². The maximum absolute atomic E-state index is 11.1. The number of benzene rings is 1. The molecule has 0 aromatic heterocycles. The van der Waals surface area contributed by atoms with Crippen LogP contribution in [0.1, 0.15) is 30.4 Å². The van der Waals surface area contributed by atoms with Crippen LogP contribution in [0, 0.1) is 6.92 Å². The number of aryl methyl sites for hydroxylation is 1. The molecule has 1 saturated heterocycles. The lowest BCUT2D eigenvalue weighted by Gasteiger charge is -2.36. The van der Waals surface area contributed by atoms with E-state index in [2.05, 4.69) is 6.07 Å². The van der Waals surface area contributed by atoms with Gasteiger partial charge in [-0.2, -0.15) is 0 Å². The summed E-state index contributed by atoms with van der Waals surface area (Å²) in [7, 11) is 0. The van der Waals surface area contributed by atoms with Crippen LogP contribution in [0.4, 0.5) is 0 Å². The molecule has 1 aromatic rings. The number of hydrogen-bond donors (Lipinski definition) is 1. The Morgan fingerprint density at radius 1 is 1.41 bits per heavy atom. The predicted molar refractivity (Wildman–Crippen MR) is 65.2 cm³/mol. The standard InChI is InChI=1S/C14H18O3/c1-11-3-2-4-12(9-11)14(10-13(15)16)5-7-17-8-6-14/h2-4,9H,5-8,10H2,1H3,(H,15,16). The second-order valence-electron chi connectivity index (χ2n) is 4.83. The Bertz CT molecular complexity index is 406. The maximum Gasteiger partial charge on any atom is 0.304 e. The molecule has 0 atom stereocenters. The van der Waals surface area contributed by atoms with Crippen LogP contribution < -0.4 is 0 Å². The van der Waals surface area contributed by atoms with Gasteiger partial charge in [-0.1, -0.05) is 29.8 Å². The first-order chi connectivity index (χ1) is 8.12. The Labute approximate surface area is 101 Å². The Morgan fingerprint density at radius 3 is 2.71 bits per heavy atom. The molecule has 0 aliphatic carbocycles. The summed E-state index contributed by atoms with van der Waals surface area (Å²) in [6, 6.07) is 8.19. The van der Waals surface area contributed by atoms with E-state index in [-0.39, 0.29) is 11.8 Å². The minimum atomic E-state index is -0.728. The van der Waals surface area contributed by atoms with Crippen molar-refractivity contribution in [1.29, 1.82) is 0 Å². The summed E-state index contributed by atoms with van der Waals surface area (Å²) in [6.45, 7) is 3.35. The fourth-order valence-corrected chi connectivity index (χ4v) is 2.59. The highest BCUT2D eigenvalue weighted by molar-refractivity contribution is 5.69. The average Bonchev–Trinajstić information content (AvgIpc) is 2.29. The fraction of sp³-hybridized carbons (Fsp3) is 0.500. The van der Waals surface area contributed by atoms with E-state index in [0.29, 0.717) is 13.2 Å². The van der Waals surface area contributed by atoms with Gasteiger partial charge in [0, 0.05) is 18.6 Å². The second-order valence-corrected chi connectivity index (χ2v) is 4.83. The first-order valence-corrected chi connectivity index (χ1v) is 5.99. The summed E-state index contributed by atoms with van der Waals surface area (Å²) in [5.74, 6) is -0.728. The van der Waals surface area contributed by atoms with E-state index in [1.807, 2.05) is 25.1 Å². The van der Waals surface area contributed by atoms with E-state index in [9.17, 15) is 4.79 Å². The van der Waals surface area contributed by atoms with Crippen molar-refractivity contribution >= 4 is 5.97 Å². The summed E-state index contributed by atoms with van der Waals surface area (Å²) in [5.41, 5.74) is 2.08. The molecule has 0 amide bonds. The monoisotopic (exact) mass is 234 g/mol. The van der Waals surface area contributed by atoms with Gasteiger partial charge in [0.05, 0.1) is 6.42 Å². The summed E-state index contributed by atoms with van der Waals surface area (Å²) < 4.78 is 5.37. The Hall–Kier alpha value is -1.35.